The number of hydrogen-bond donors (Lipinski definition) is 1. The summed E-state index contributed by atoms with van der Waals surface area (Å²) in [4.78, 5) is 2.18. The summed E-state index contributed by atoms with van der Waals surface area (Å²) in [5.74, 6) is 2.08. The number of benzene rings is 1. The standard InChI is InChI=1S/C16H28N2O3/c1-13-11-14(19-4)16(15(12-13)20-5)21-10-8-17-7-6-9-18(2)3/h11-12,17H,6-10H2,1-5H3. The van der Waals surface area contributed by atoms with Crippen LogP contribution in [0.5, 0.6) is 17.2 Å². The van der Waals surface area contributed by atoms with Crippen LogP contribution in [0.15, 0.2) is 12.1 Å². The van der Waals surface area contributed by atoms with Crippen LogP contribution >= 0.6 is 0 Å². The molecule has 0 aliphatic rings. The minimum absolute atomic E-state index is 0.581. The maximum absolute atomic E-state index is 5.81. The zero-order valence-electron chi connectivity index (χ0n) is 13.9. The maximum atomic E-state index is 5.81. The van der Waals surface area contributed by atoms with Crippen LogP contribution in [0.4, 0.5) is 0 Å². The number of aryl methyl sites for hydroxylation is 1. The molecule has 0 aliphatic heterocycles. The molecule has 0 spiro atoms. The summed E-state index contributed by atoms with van der Waals surface area (Å²) >= 11 is 0. The first-order valence-corrected chi connectivity index (χ1v) is 7.29. The van der Waals surface area contributed by atoms with E-state index < -0.39 is 0 Å². The van der Waals surface area contributed by atoms with Gasteiger partial charge in [-0.3, -0.25) is 0 Å². The van der Waals surface area contributed by atoms with Crippen LogP contribution in [0.1, 0.15) is 12.0 Å². The van der Waals surface area contributed by atoms with Gasteiger partial charge in [0.2, 0.25) is 5.75 Å². The molecule has 120 valence electrons. The van der Waals surface area contributed by atoms with E-state index in [2.05, 4.69) is 24.3 Å². The van der Waals surface area contributed by atoms with Crippen LogP contribution in [0, 0.1) is 6.92 Å². The van der Waals surface area contributed by atoms with Crippen LogP contribution in [-0.4, -0.2) is 59.5 Å². The average molecular weight is 296 g/mol. The summed E-state index contributed by atoms with van der Waals surface area (Å²) in [7, 11) is 7.44. The van der Waals surface area contributed by atoms with E-state index in [9.17, 15) is 0 Å². The third-order valence-corrected chi connectivity index (χ3v) is 3.09. The molecule has 5 heteroatoms. The van der Waals surface area contributed by atoms with E-state index in [0.717, 1.165) is 31.6 Å². The Labute approximate surface area is 128 Å². The van der Waals surface area contributed by atoms with Crippen molar-refractivity contribution in [2.75, 3.05) is 54.6 Å². The number of nitrogens with one attached hydrogen (secondary N) is 1. The molecule has 0 heterocycles. The van der Waals surface area contributed by atoms with Gasteiger partial charge in [-0.1, -0.05) is 0 Å². The van der Waals surface area contributed by atoms with E-state index in [1.807, 2.05) is 19.1 Å². The van der Waals surface area contributed by atoms with Crippen molar-refractivity contribution in [1.82, 2.24) is 10.2 Å². The van der Waals surface area contributed by atoms with Gasteiger partial charge in [0.05, 0.1) is 14.2 Å². The molecule has 0 saturated carbocycles. The lowest BCUT2D eigenvalue weighted by atomic mass is 10.2. The Balaban J connectivity index is 2.41. The van der Waals surface area contributed by atoms with Crippen molar-refractivity contribution < 1.29 is 14.2 Å². The summed E-state index contributed by atoms with van der Waals surface area (Å²) in [6, 6.07) is 3.89. The second-order valence-corrected chi connectivity index (χ2v) is 5.25. The van der Waals surface area contributed by atoms with Gasteiger partial charge in [0.15, 0.2) is 11.5 Å². The molecular weight excluding hydrogens is 268 g/mol. The summed E-state index contributed by atoms with van der Waals surface area (Å²) in [6.45, 7) is 5.46. The van der Waals surface area contributed by atoms with Crippen molar-refractivity contribution in [3.63, 3.8) is 0 Å². The van der Waals surface area contributed by atoms with Crippen LogP contribution in [0.2, 0.25) is 0 Å². The zero-order valence-corrected chi connectivity index (χ0v) is 13.9. The lowest BCUT2D eigenvalue weighted by Crippen LogP contribution is -2.25. The third-order valence-electron chi connectivity index (χ3n) is 3.09. The Morgan fingerprint density at radius 3 is 2.19 bits per heavy atom. The van der Waals surface area contributed by atoms with E-state index in [0.29, 0.717) is 23.9 Å². The Morgan fingerprint density at radius 2 is 1.67 bits per heavy atom. The number of hydrogen-bond acceptors (Lipinski definition) is 5. The molecule has 0 unspecified atom stereocenters. The lowest BCUT2D eigenvalue weighted by molar-refractivity contribution is 0.272. The number of nitrogens with zero attached hydrogens (tertiary/aromatic N) is 1. The number of methoxy groups -OCH3 is 2. The van der Waals surface area contributed by atoms with E-state index in [4.69, 9.17) is 14.2 Å². The zero-order chi connectivity index (χ0) is 15.7. The van der Waals surface area contributed by atoms with Crippen molar-refractivity contribution in [3.05, 3.63) is 17.7 Å². The van der Waals surface area contributed by atoms with E-state index in [1.165, 1.54) is 0 Å². The monoisotopic (exact) mass is 296 g/mol. The highest BCUT2D eigenvalue weighted by atomic mass is 16.5. The van der Waals surface area contributed by atoms with E-state index in [1.54, 1.807) is 14.2 Å². The first-order chi connectivity index (χ1) is 10.1. The molecule has 0 radical (unpaired) electrons. The maximum Gasteiger partial charge on any atom is 0.203 e. The second-order valence-electron chi connectivity index (χ2n) is 5.25. The molecule has 5 nitrogen and oxygen atoms in total. The van der Waals surface area contributed by atoms with E-state index in [-0.39, 0.29) is 0 Å². The van der Waals surface area contributed by atoms with Gasteiger partial charge in [-0.25, -0.2) is 0 Å². The van der Waals surface area contributed by atoms with Gasteiger partial charge in [0.1, 0.15) is 6.61 Å². The third kappa shape index (κ3) is 6.23. The minimum Gasteiger partial charge on any atom is -0.493 e. The van der Waals surface area contributed by atoms with Crippen molar-refractivity contribution in [2.24, 2.45) is 0 Å². The van der Waals surface area contributed by atoms with Gasteiger partial charge < -0.3 is 24.4 Å². The molecule has 0 saturated heterocycles. The fourth-order valence-corrected chi connectivity index (χ4v) is 2.02. The lowest BCUT2D eigenvalue weighted by Gasteiger charge is -2.15. The molecule has 1 aromatic rings. The summed E-state index contributed by atoms with van der Waals surface area (Å²) < 4.78 is 16.5. The van der Waals surface area contributed by atoms with Crippen LogP contribution in [0.25, 0.3) is 0 Å². The highest BCUT2D eigenvalue weighted by Crippen LogP contribution is 2.38. The van der Waals surface area contributed by atoms with Crippen molar-refractivity contribution in [1.29, 1.82) is 0 Å². The summed E-state index contributed by atoms with van der Waals surface area (Å²) in [5.41, 5.74) is 1.08. The quantitative estimate of drug-likeness (QED) is 0.668. The average Bonchev–Trinajstić information content (AvgIpc) is 2.46. The Hall–Kier alpha value is -1.46. The van der Waals surface area contributed by atoms with Crippen molar-refractivity contribution in [3.8, 4) is 17.2 Å². The molecule has 0 aliphatic carbocycles. The molecule has 0 aromatic heterocycles. The van der Waals surface area contributed by atoms with Crippen molar-refractivity contribution >= 4 is 0 Å². The molecule has 0 bridgehead atoms. The van der Waals surface area contributed by atoms with Gasteiger partial charge in [-0.2, -0.15) is 0 Å². The Morgan fingerprint density at radius 1 is 1.05 bits per heavy atom. The highest BCUT2D eigenvalue weighted by Gasteiger charge is 2.12. The fourth-order valence-electron chi connectivity index (χ4n) is 2.02. The normalized spacial score (nSPS) is 10.8. The van der Waals surface area contributed by atoms with Crippen LogP contribution in [0.3, 0.4) is 0 Å². The van der Waals surface area contributed by atoms with Crippen LogP contribution in [-0.2, 0) is 0 Å². The fraction of sp³-hybridized carbons (Fsp3) is 0.625. The summed E-state index contributed by atoms with van der Waals surface area (Å²) in [5, 5.41) is 3.36. The largest absolute Gasteiger partial charge is 0.493 e. The molecule has 0 amide bonds. The molecule has 0 fully saturated rings. The van der Waals surface area contributed by atoms with Crippen molar-refractivity contribution in [2.45, 2.75) is 13.3 Å². The molecule has 1 N–H and O–H groups in total. The number of rotatable bonds is 10. The first-order valence-electron chi connectivity index (χ1n) is 7.29. The van der Waals surface area contributed by atoms with Gasteiger partial charge in [-0.15, -0.1) is 0 Å². The van der Waals surface area contributed by atoms with Gasteiger partial charge in [-0.05, 0) is 58.2 Å². The topological polar surface area (TPSA) is 43.0 Å². The first kappa shape index (κ1) is 17.6. The molecule has 1 aromatic carbocycles. The predicted octanol–water partition coefficient (Wildman–Crippen LogP) is 1.93. The Bertz CT molecular complexity index is 397. The molecule has 1 rings (SSSR count). The highest BCUT2D eigenvalue weighted by molar-refractivity contribution is 5.53. The summed E-state index contributed by atoms with van der Waals surface area (Å²) in [6.07, 6.45) is 1.13. The van der Waals surface area contributed by atoms with Crippen LogP contribution < -0.4 is 19.5 Å². The van der Waals surface area contributed by atoms with Gasteiger partial charge in [0.25, 0.3) is 0 Å². The smallest absolute Gasteiger partial charge is 0.203 e. The predicted molar refractivity (Wildman–Crippen MR) is 85.8 cm³/mol. The SMILES string of the molecule is COc1cc(C)cc(OC)c1OCCNCCCN(C)C. The Kier molecular flexibility index (Phi) is 7.93. The van der Waals surface area contributed by atoms with Gasteiger partial charge >= 0.3 is 0 Å². The van der Waals surface area contributed by atoms with Gasteiger partial charge in [0, 0.05) is 6.54 Å². The molecule has 21 heavy (non-hydrogen) atoms. The molecular formula is C16H28N2O3. The second kappa shape index (κ2) is 9.47. The van der Waals surface area contributed by atoms with E-state index >= 15 is 0 Å². The number of ether oxygens (including phenoxy) is 3. The minimum atomic E-state index is 0.581. The molecule has 0 atom stereocenters.